The van der Waals surface area contributed by atoms with E-state index in [0.717, 1.165) is 9.20 Å². The summed E-state index contributed by atoms with van der Waals surface area (Å²) in [7, 11) is -3.90. The summed E-state index contributed by atoms with van der Waals surface area (Å²) in [4.78, 5) is 13.2. The van der Waals surface area contributed by atoms with E-state index < -0.39 is 10.0 Å². The molecule has 1 amide bonds. The Kier molecular flexibility index (Phi) is 7.55. The van der Waals surface area contributed by atoms with Crippen molar-refractivity contribution in [3.8, 4) is 5.75 Å². The van der Waals surface area contributed by atoms with E-state index in [9.17, 15) is 13.2 Å². The fourth-order valence-electron chi connectivity index (χ4n) is 2.45. The lowest BCUT2D eigenvalue weighted by Crippen LogP contribution is -2.40. The van der Waals surface area contributed by atoms with Gasteiger partial charge in [0.1, 0.15) is 12.3 Å². The van der Waals surface area contributed by atoms with Crippen molar-refractivity contribution in [2.75, 3.05) is 30.3 Å². The minimum Gasteiger partial charge on any atom is -0.494 e. The molecule has 0 aliphatic rings. The molecule has 2 aromatic rings. The van der Waals surface area contributed by atoms with Crippen LogP contribution in [0.15, 0.2) is 58.3 Å². The molecule has 146 valence electrons. The van der Waals surface area contributed by atoms with E-state index in [1.54, 1.807) is 55.5 Å². The van der Waals surface area contributed by atoms with Crippen molar-refractivity contribution < 1.29 is 17.9 Å². The van der Waals surface area contributed by atoms with Crippen LogP contribution in [0.5, 0.6) is 5.75 Å². The Balaban J connectivity index is 2.41. The van der Waals surface area contributed by atoms with Crippen LogP contribution >= 0.6 is 11.8 Å². The molecule has 0 atom stereocenters. The fourth-order valence-corrected chi connectivity index (χ4v) is 4.28. The SMILES string of the molecule is CCNC(=O)CN(c1ccc(OCC)cc1)S(=O)(=O)c1ccc(SC)cc1. The van der Waals surface area contributed by atoms with Crippen molar-refractivity contribution >= 4 is 33.4 Å². The maximum Gasteiger partial charge on any atom is 0.264 e. The zero-order valence-electron chi connectivity index (χ0n) is 15.6. The number of anilines is 1. The van der Waals surface area contributed by atoms with Gasteiger partial charge in [-0.2, -0.15) is 0 Å². The number of carbonyl (C=O) groups excluding carboxylic acids is 1. The quantitative estimate of drug-likeness (QED) is 0.645. The number of rotatable bonds is 9. The molecule has 8 heteroatoms. The van der Waals surface area contributed by atoms with E-state index in [4.69, 9.17) is 4.74 Å². The van der Waals surface area contributed by atoms with Gasteiger partial charge in [0.2, 0.25) is 5.91 Å². The second kappa shape index (κ2) is 9.66. The predicted octanol–water partition coefficient (Wildman–Crippen LogP) is 3.14. The number of hydrogen-bond acceptors (Lipinski definition) is 5. The molecule has 0 saturated heterocycles. The minimum atomic E-state index is -3.90. The Bertz CT molecular complexity index is 850. The van der Waals surface area contributed by atoms with Crippen LogP contribution in [0.4, 0.5) is 5.69 Å². The molecule has 0 aliphatic heterocycles. The Hall–Kier alpha value is -2.19. The van der Waals surface area contributed by atoms with E-state index in [-0.39, 0.29) is 17.3 Å². The lowest BCUT2D eigenvalue weighted by Gasteiger charge is -2.24. The number of nitrogens with one attached hydrogen (secondary N) is 1. The van der Waals surface area contributed by atoms with Gasteiger partial charge in [0.25, 0.3) is 10.0 Å². The first-order valence-corrected chi connectivity index (χ1v) is 11.2. The summed E-state index contributed by atoms with van der Waals surface area (Å²) >= 11 is 1.53. The average molecular weight is 409 g/mol. The van der Waals surface area contributed by atoms with Crippen LogP contribution in [0.2, 0.25) is 0 Å². The highest BCUT2D eigenvalue weighted by Crippen LogP contribution is 2.27. The van der Waals surface area contributed by atoms with Crippen LogP contribution in [0, 0.1) is 0 Å². The highest BCUT2D eigenvalue weighted by Gasteiger charge is 2.27. The van der Waals surface area contributed by atoms with Crippen molar-refractivity contribution in [2.24, 2.45) is 0 Å². The molecule has 0 radical (unpaired) electrons. The number of thioether (sulfide) groups is 1. The van der Waals surface area contributed by atoms with Gasteiger partial charge in [0, 0.05) is 11.4 Å². The van der Waals surface area contributed by atoms with Gasteiger partial charge in [-0.1, -0.05) is 0 Å². The first kappa shape index (κ1) is 21.1. The molecule has 1 N–H and O–H groups in total. The molecular formula is C19H24N2O4S2. The van der Waals surface area contributed by atoms with Gasteiger partial charge in [-0.3, -0.25) is 9.10 Å². The molecule has 6 nitrogen and oxygen atoms in total. The number of carbonyl (C=O) groups is 1. The summed E-state index contributed by atoms with van der Waals surface area (Å²) in [6, 6.07) is 13.3. The van der Waals surface area contributed by atoms with Gasteiger partial charge in [0.15, 0.2) is 0 Å². The Morgan fingerprint density at radius 2 is 1.70 bits per heavy atom. The molecule has 0 fully saturated rings. The largest absolute Gasteiger partial charge is 0.494 e. The minimum absolute atomic E-state index is 0.137. The van der Waals surface area contributed by atoms with Gasteiger partial charge < -0.3 is 10.1 Å². The maximum atomic E-state index is 13.2. The number of sulfonamides is 1. The highest BCUT2D eigenvalue weighted by molar-refractivity contribution is 7.98. The van der Waals surface area contributed by atoms with Gasteiger partial charge >= 0.3 is 0 Å². The first-order chi connectivity index (χ1) is 12.9. The zero-order chi connectivity index (χ0) is 19.9. The van der Waals surface area contributed by atoms with Crippen LogP contribution in [0.1, 0.15) is 13.8 Å². The monoisotopic (exact) mass is 408 g/mol. The van der Waals surface area contributed by atoms with E-state index in [0.29, 0.717) is 24.6 Å². The van der Waals surface area contributed by atoms with Gasteiger partial charge in [0.05, 0.1) is 17.2 Å². The first-order valence-electron chi connectivity index (χ1n) is 8.58. The van der Waals surface area contributed by atoms with Crippen LogP contribution in [-0.2, 0) is 14.8 Å². The molecule has 0 unspecified atom stereocenters. The molecule has 0 bridgehead atoms. The third-order valence-corrected chi connectivity index (χ3v) is 6.28. The van der Waals surface area contributed by atoms with Gasteiger partial charge in [-0.05, 0) is 68.6 Å². The lowest BCUT2D eigenvalue weighted by molar-refractivity contribution is -0.119. The second-order valence-corrected chi connectivity index (χ2v) is 8.31. The number of likely N-dealkylation sites (N-methyl/N-ethyl adjacent to an activating group) is 1. The van der Waals surface area contributed by atoms with Crippen molar-refractivity contribution in [1.29, 1.82) is 0 Å². The predicted molar refractivity (Wildman–Crippen MR) is 109 cm³/mol. The second-order valence-electron chi connectivity index (χ2n) is 5.57. The molecule has 0 aromatic heterocycles. The number of benzene rings is 2. The normalized spacial score (nSPS) is 11.1. The summed E-state index contributed by atoms with van der Waals surface area (Å²) in [5.41, 5.74) is 0.402. The summed E-state index contributed by atoms with van der Waals surface area (Å²) < 4.78 is 32.9. The highest BCUT2D eigenvalue weighted by atomic mass is 32.2. The maximum absolute atomic E-state index is 13.2. The van der Waals surface area contributed by atoms with Crippen LogP contribution < -0.4 is 14.4 Å². The summed E-state index contributed by atoms with van der Waals surface area (Å²) in [6.07, 6.45) is 1.92. The molecule has 27 heavy (non-hydrogen) atoms. The third kappa shape index (κ3) is 5.40. The number of ether oxygens (including phenoxy) is 1. The zero-order valence-corrected chi connectivity index (χ0v) is 17.3. The Morgan fingerprint density at radius 3 is 2.22 bits per heavy atom. The third-order valence-electron chi connectivity index (χ3n) is 3.74. The molecule has 2 rings (SSSR count). The van der Waals surface area contributed by atoms with Gasteiger partial charge in [-0.25, -0.2) is 8.42 Å². The smallest absolute Gasteiger partial charge is 0.264 e. The number of hydrogen-bond donors (Lipinski definition) is 1. The van der Waals surface area contributed by atoms with Crippen molar-refractivity contribution in [3.05, 3.63) is 48.5 Å². The summed E-state index contributed by atoms with van der Waals surface area (Å²) in [5.74, 6) is 0.275. The Morgan fingerprint density at radius 1 is 1.07 bits per heavy atom. The molecule has 0 heterocycles. The fraction of sp³-hybridized carbons (Fsp3) is 0.316. The van der Waals surface area contributed by atoms with Gasteiger partial charge in [-0.15, -0.1) is 11.8 Å². The average Bonchev–Trinajstić information content (AvgIpc) is 2.67. The van der Waals surface area contributed by atoms with Crippen LogP contribution in [0.25, 0.3) is 0 Å². The van der Waals surface area contributed by atoms with E-state index >= 15 is 0 Å². The molecule has 2 aromatic carbocycles. The molecule has 0 spiro atoms. The number of nitrogens with zero attached hydrogens (tertiary/aromatic N) is 1. The van der Waals surface area contributed by atoms with Crippen molar-refractivity contribution in [3.63, 3.8) is 0 Å². The molecule has 0 aliphatic carbocycles. The standard InChI is InChI=1S/C19H24N2O4S2/c1-4-20-19(22)14-21(15-6-8-16(9-7-15)25-5-2)27(23,24)18-12-10-17(26-3)11-13-18/h6-13H,4-5,14H2,1-3H3,(H,20,22). The van der Waals surface area contributed by atoms with Crippen molar-refractivity contribution in [1.82, 2.24) is 5.32 Å². The van der Waals surface area contributed by atoms with Crippen LogP contribution in [-0.4, -0.2) is 40.3 Å². The molecular weight excluding hydrogens is 384 g/mol. The lowest BCUT2D eigenvalue weighted by atomic mass is 10.3. The summed E-state index contributed by atoms with van der Waals surface area (Å²) in [5, 5.41) is 2.65. The Labute approximate surface area is 165 Å². The van der Waals surface area contributed by atoms with Crippen LogP contribution in [0.3, 0.4) is 0 Å². The summed E-state index contributed by atoms with van der Waals surface area (Å²) in [6.45, 7) is 4.31. The van der Waals surface area contributed by atoms with E-state index in [2.05, 4.69) is 5.32 Å². The number of amides is 1. The van der Waals surface area contributed by atoms with E-state index in [1.807, 2.05) is 13.2 Å². The van der Waals surface area contributed by atoms with E-state index in [1.165, 1.54) is 11.8 Å². The molecule has 0 saturated carbocycles. The van der Waals surface area contributed by atoms with Crippen molar-refractivity contribution in [2.45, 2.75) is 23.6 Å². The topological polar surface area (TPSA) is 75.7 Å².